The van der Waals surface area contributed by atoms with Crippen molar-refractivity contribution in [1.82, 2.24) is 14.8 Å². The molecule has 0 fully saturated rings. The molecule has 0 radical (unpaired) electrons. The van der Waals surface area contributed by atoms with E-state index in [9.17, 15) is 4.79 Å². The van der Waals surface area contributed by atoms with Crippen LogP contribution >= 0.6 is 11.8 Å². The first-order valence-electron chi connectivity index (χ1n) is 7.62. The number of carbonyl (C=O) groups is 1. The number of hydrogen-bond acceptors (Lipinski definition) is 5. The van der Waals surface area contributed by atoms with Crippen LogP contribution in [0.4, 0.5) is 5.69 Å². The first-order valence-corrected chi connectivity index (χ1v) is 8.60. The van der Waals surface area contributed by atoms with E-state index in [4.69, 9.17) is 4.42 Å². The molecule has 3 rings (SSSR count). The van der Waals surface area contributed by atoms with Gasteiger partial charge in [-0.05, 0) is 31.2 Å². The van der Waals surface area contributed by atoms with Crippen LogP contribution in [0.5, 0.6) is 0 Å². The van der Waals surface area contributed by atoms with Crippen molar-refractivity contribution in [2.45, 2.75) is 18.6 Å². The first kappa shape index (κ1) is 16.3. The molecule has 0 saturated heterocycles. The second-order valence-electron chi connectivity index (χ2n) is 5.10. The molecule has 3 aromatic rings. The summed E-state index contributed by atoms with van der Waals surface area (Å²) in [5.74, 6) is 1.65. The molecule has 0 aliphatic carbocycles. The Hall–Kier alpha value is -2.54. The summed E-state index contributed by atoms with van der Waals surface area (Å²) in [7, 11) is 1.77. The highest BCUT2D eigenvalue weighted by Crippen LogP contribution is 2.24. The Morgan fingerprint density at radius 3 is 2.67 bits per heavy atom. The van der Waals surface area contributed by atoms with Crippen LogP contribution in [0, 0.1) is 0 Å². The average molecular weight is 342 g/mol. The number of anilines is 1. The number of amides is 1. The van der Waals surface area contributed by atoms with Crippen LogP contribution in [-0.2, 0) is 11.3 Å². The summed E-state index contributed by atoms with van der Waals surface area (Å²) in [6.07, 6.45) is 1.61. The van der Waals surface area contributed by atoms with Gasteiger partial charge in [0.05, 0.1) is 12.0 Å². The van der Waals surface area contributed by atoms with E-state index >= 15 is 0 Å². The highest BCUT2D eigenvalue weighted by Gasteiger charge is 2.17. The van der Waals surface area contributed by atoms with Gasteiger partial charge in [-0.15, -0.1) is 10.2 Å². The standard InChI is InChI=1S/C17H18N4O2S/c1-3-21-16(14-10-7-11-23-14)18-19-17(21)24-12-15(22)20(2)13-8-5-4-6-9-13/h4-11H,3,12H2,1-2H3. The van der Waals surface area contributed by atoms with E-state index in [1.54, 1.807) is 18.2 Å². The Morgan fingerprint density at radius 2 is 2.00 bits per heavy atom. The van der Waals surface area contributed by atoms with Crippen molar-refractivity contribution in [3.8, 4) is 11.6 Å². The monoisotopic (exact) mass is 342 g/mol. The molecule has 0 unspecified atom stereocenters. The van der Waals surface area contributed by atoms with Crippen LogP contribution in [0.1, 0.15) is 6.92 Å². The smallest absolute Gasteiger partial charge is 0.237 e. The van der Waals surface area contributed by atoms with Crippen LogP contribution in [0.25, 0.3) is 11.6 Å². The maximum Gasteiger partial charge on any atom is 0.237 e. The zero-order valence-electron chi connectivity index (χ0n) is 13.5. The molecule has 1 aromatic carbocycles. The van der Waals surface area contributed by atoms with Crippen molar-refractivity contribution in [2.75, 3.05) is 17.7 Å². The SMILES string of the molecule is CCn1c(SCC(=O)N(C)c2ccccc2)nnc1-c1ccco1. The van der Waals surface area contributed by atoms with E-state index in [0.717, 1.165) is 5.69 Å². The van der Waals surface area contributed by atoms with Crippen LogP contribution in [0.15, 0.2) is 58.3 Å². The Kier molecular flexibility index (Phi) is 5.00. The minimum Gasteiger partial charge on any atom is -0.461 e. The molecule has 7 heteroatoms. The van der Waals surface area contributed by atoms with Crippen molar-refractivity contribution in [2.24, 2.45) is 0 Å². The van der Waals surface area contributed by atoms with Gasteiger partial charge in [0.2, 0.25) is 5.91 Å². The molecule has 124 valence electrons. The Labute approximate surface area is 144 Å². The normalized spacial score (nSPS) is 10.8. The molecule has 0 spiro atoms. The number of aromatic nitrogens is 3. The van der Waals surface area contributed by atoms with Gasteiger partial charge in [-0.25, -0.2) is 0 Å². The quantitative estimate of drug-likeness (QED) is 0.643. The minimum absolute atomic E-state index is 0.0106. The molecule has 0 saturated carbocycles. The average Bonchev–Trinajstić information content (AvgIpc) is 3.28. The molecule has 2 aromatic heterocycles. The molecule has 0 atom stereocenters. The van der Waals surface area contributed by atoms with Gasteiger partial charge < -0.3 is 9.32 Å². The van der Waals surface area contributed by atoms with E-state index in [1.165, 1.54) is 11.8 Å². The van der Waals surface area contributed by atoms with Gasteiger partial charge in [0.25, 0.3) is 0 Å². The van der Waals surface area contributed by atoms with Crippen LogP contribution in [0.3, 0.4) is 0 Å². The van der Waals surface area contributed by atoms with Gasteiger partial charge in [-0.1, -0.05) is 30.0 Å². The van der Waals surface area contributed by atoms with Crippen LogP contribution in [0.2, 0.25) is 0 Å². The van der Waals surface area contributed by atoms with Crippen molar-refractivity contribution < 1.29 is 9.21 Å². The Morgan fingerprint density at radius 1 is 1.21 bits per heavy atom. The summed E-state index contributed by atoms with van der Waals surface area (Å²) in [4.78, 5) is 14.0. The van der Waals surface area contributed by atoms with E-state index in [-0.39, 0.29) is 5.91 Å². The van der Waals surface area contributed by atoms with E-state index < -0.39 is 0 Å². The predicted molar refractivity (Wildman–Crippen MR) is 94.0 cm³/mol. The zero-order valence-corrected chi connectivity index (χ0v) is 14.4. The number of nitrogens with zero attached hydrogens (tertiary/aromatic N) is 4. The lowest BCUT2D eigenvalue weighted by molar-refractivity contribution is -0.115. The van der Waals surface area contributed by atoms with Crippen molar-refractivity contribution in [1.29, 1.82) is 0 Å². The van der Waals surface area contributed by atoms with Gasteiger partial charge in [-0.2, -0.15) is 0 Å². The lowest BCUT2D eigenvalue weighted by atomic mass is 10.3. The minimum atomic E-state index is 0.0106. The summed E-state index contributed by atoms with van der Waals surface area (Å²) >= 11 is 1.38. The first-order chi connectivity index (χ1) is 11.7. The number of carbonyl (C=O) groups excluding carboxylic acids is 1. The summed E-state index contributed by atoms with van der Waals surface area (Å²) in [6.45, 7) is 2.71. The predicted octanol–water partition coefficient (Wildman–Crippen LogP) is 3.31. The number of para-hydroxylation sites is 1. The van der Waals surface area contributed by atoms with Crippen LogP contribution < -0.4 is 4.90 Å². The molecular weight excluding hydrogens is 324 g/mol. The number of furan rings is 1. The van der Waals surface area contributed by atoms with Gasteiger partial charge in [0, 0.05) is 19.3 Å². The molecule has 1 amide bonds. The fourth-order valence-electron chi connectivity index (χ4n) is 2.29. The maximum absolute atomic E-state index is 12.4. The van der Waals surface area contributed by atoms with Crippen molar-refractivity contribution in [3.05, 3.63) is 48.7 Å². The third-order valence-electron chi connectivity index (χ3n) is 3.62. The largest absolute Gasteiger partial charge is 0.461 e. The summed E-state index contributed by atoms with van der Waals surface area (Å²) in [6, 6.07) is 13.2. The summed E-state index contributed by atoms with van der Waals surface area (Å²) in [5.41, 5.74) is 0.872. The van der Waals surface area contributed by atoms with Gasteiger partial charge in [-0.3, -0.25) is 9.36 Å². The topological polar surface area (TPSA) is 64.2 Å². The lowest BCUT2D eigenvalue weighted by Crippen LogP contribution is -2.27. The summed E-state index contributed by atoms with van der Waals surface area (Å²) < 4.78 is 7.33. The number of hydrogen-bond donors (Lipinski definition) is 0. The maximum atomic E-state index is 12.4. The Bertz CT molecular complexity index is 799. The van der Waals surface area contributed by atoms with Crippen molar-refractivity contribution in [3.63, 3.8) is 0 Å². The second-order valence-corrected chi connectivity index (χ2v) is 6.05. The molecule has 2 heterocycles. The third-order valence-corrected chi connectivity index (χ3v) is 4.57. The Balaban J connectivity index is 1.70. The molecule has 0 bridgehead atoms. The molecule has 0 N–H and O–H groups in total. The number of benzene rings is 1. The second kappa shape index (κ2) is 7.35. The zero-order chi connectivity index (χ0) is 16.9. The van der Waals surface area contributed by atoms with Gasteiger partial charge in [0.1, 0.15) is 0 Å². The summed E-state index contributed by atoms with van der Waals surface area (Å²) in [5, 5.41) is 9.08. The van der Waals surface area contributed by atoms with Crippen LogP contribution in [-0.4, -0.2) is 33.5 Å². The highest BCUT2D eigenvalue weighted by molar-refractivity contribution is 7.99. The fourth-order valence-corrected chi connectivity index (χ4v) is 3.20. The van der Waals surface area contributed by atoms with Gasteiger partial charge >= 0.3 is 0 Å². The highest BCUT2D eigenvalue weighted by atomic mass is 32.2. The van der Waals surface area contributed by atoms with Crippen molar-refractivity contribution >= 4 is 23.4 Å². The third kappa shape index (κ3) is 3.35. The van der Waals surface area contributed by atoms with E-state index in [1.807, 2.05) is 54.0 Å². The lowest BCUT2D eigenvalue weighted by Gasteiger charge is -2.16. The van der Waals surface area contributed by atoms with E-state index in [0.29, 0.717) is 29.0 Å². The molecular formula is C17H18N4O2S. The van der Waals surface area contributed by atoms with Gasteiger partial charge in [0.15, 0.2) is 16.7 Å². The number of thioether (sulfide) groups is 1. The number of rotatable bonds is 6. The molecule has 24 heavy (non-hydrogen) atoms. The molecule has 0 aliphatic rings. The fraction of sp³-hybridized carbons (Fsp3) is 0.235. The molecule has 0 aliphatic heterocycles. The molecule has 6 nitrogen and oxygen atoms in total. The van der Waals surface area contributed by atoms with E-state index in [2.05, 4.69) is 10.2 Å².